The highest BCUT2D eigenvalue weighted by molar-refractivity contribution is 5.93. The van der Waals surface area contributed by atoms with Crippen LogP contribution >= 0.6 is 0 Å². The second-order valence-electron chi connectivity index (χ2n) is 10.9. The Labute approximate surface area is 189 Å². The van der Waals surface area contributed by atoms with E-state index in [0.717, 1.165) is 0 Å². The van der Waals surface area contributed by atoms with E-state index in [-0.39, 0.29) is 24.8 Å². The number of fused-ring (bicyclic) bond motifs is 3. The molecule has 0 aromatic rings. The Kier molecular flexibility index (Phi) is 6.01. The summed E-state index contributed by atoms with van der Waals surface area (Å²) < 4.78 is 5.84. The minimum atomic E-state index is -1.97. The molecule has 0 spiro atoms. The van der Waals surface area contributed by atoms with E-state index in [0.29, 0.717) is 5.57 Å². The fourth-order valence-electron chi connectivity index (χ4n) is 7.14. The number of ether oxygens (including phenoxy) is 1. The number of carbonyl (C=O) groups excluding carboxylic acids is 2. The number of carbonyl (C=O) groups is 2. The Bertz CT molecular complexity index is 849. The first-order valence-electron chi connectivity index (χ1n) is 11.4. The average molecular weight is 455 g/mol. The number of Topliss-reactive ketones (excluding diaryl/α,β-unsaturated/α-hetero) is 1. The number of hydrogen-bond donors (Lipinski definition) is 5. The molecule has 3 rings (SSSR count). The van der Waals surface area contributed by atoms with Crippen molar-refractivity contribution in [2.24, 2.45) is 22.7 Å². The number of aliphatic hydroxyl groups is 5. The monoisotopic (exact) mass is 454 g/mol. The molecule has 1 unspecified atom stereocenters. The van der Waals surface area contributed by atoms with Crippen molar-refractivity contribution in [3.63, 3.8) is 0 Å². The Morgan fingerprint density at radius 3 is 2.22 bits per heavy atom. The van der Waals surface area contributed by atoms with Crippen LogP contribution < -0.4 is 0 Å². The van der Waals surface area contributed by atoms with Crippen molar-refractivity contribution in [2.45, 2.75) is 103 Å². The van der Waals surface area contributed by atoms with Crippen molar-refractivity contribution in [1.29, 1.82) is 0 Å². The fraction of sp³-hybridized carbons (Fsp3) is 0.833. The molecule has 3 aliphatic carbocycles. The summed E-state index contributed by atoms with van der Waals surface area (Å²) in [5, 5.41) is 57.1. The van der Waals surface area contributed by atoms with E-state index in [1.165, 1.54) is 13.8 Å². The van der Waals surface area contributed by atoms with E-state index in [2.05, 4.69) is 0 Å². The van der Waals surface area contributed by atoms with Crippen LogP contribution in [0.5, 0.6) is 0 Å². The van der Waals surface area contributed by atoms with E-state index in [1.807, 2.05) is 0 Å². The largest absolute Gasteiger partial charge is 0.459 e. The number of rotatable bonds is 2. The maximum Gasteiger partial charge on any atom is 0.303 e. The molecule has 0 aromatic carbocycles. The van der Waals surface area contributed by atoms with Crippen molar-refractivity contribution in [1.82, 2.24) is 0 Å². The summed E-state index contributed by atoms with van der Waals surface area (Å²) in [6.07, 6.45) is -5.67. The van der Waals surface area contributed by atoms with Crippen LogP contribution in [-0.2, 0) is 14.3 Å². The van der Waals surface area contributed by atoms with Crippen LogP contribution in [0, 0.1) is 22.7 Å². The molecule has 8 nitrogen and oxygen atoms in total. The first kappa shape index (κ1) is 25.3. The summed E-state index contributed by atoms with van der Waals surface area (Å²) in [7, 11) is 0. The Morgan fingerprint density at radius 1 is 1.16 bits per heavy atom. The minimum Gasteiger partial charge on any atom is -0.459 e. The quantitative estimate of drug-likeness (QED) is 0.305. The van der Waals surface area contributed by atoms with Gasteiger partial charge in [-0.05, 0) is 43.8 Å². The molecular weight excluding hydrogens is 416 g/mol. The van der Waals surface area contributed by atoms with Crippen molar-refractivity contribution in [3.05, 3.63) is 11.1 Å². The lowest BCUT2D eigenvalue weighted by Crippen LogP contribution is -2.75. The molecule has 0 aliphatic heterocycles. The zero-order chi connectivity index (χ0) is 24.6. The smallest absolute Gasteiger partial charge is 0.303 e. The molecule has 2 fully saturated rings. The molecule has 0 saturated heterocycles. The van der Waals surface area contributed by atoms with Gasteiger partial charge in [0.25, 0.3) is 0 Å². The molecule has 182 valence electrons. The van der Waals surface area contributed by atoms with Crippen LogP contribution in [-0.4, -0.2) is 72.9 Å². The molecular formula is C24H38O8. The van der Waals surface area contributed by atoms with Gasteiger partial charge < -0.3 is 30.3 Å². The number of esters is 1. The normalized spacial score (nSPS) is 48.6. The third-order valence-corrected chi connectivity index (χ3v) is 9.20. The van der Waals surface area contributed by atoms with E-state index < -0.39 is 70.0 Å². The second kappa shape index (κ2) is 7.60. The van der Waals surface area contributed by atoms with Crippen LogP contribution in [0.15, 0.2) is 11.1 Å². The molecule has 5 N–H and O–H groups in total. The predicted molar refractivity (Wildman–Crippen MR) is 115 cm³/mol. The van der Waals surface area contributed by atoms with Gasteiger partial charge in [0.15, 0.2) is 5.78 Å². The van der Waals surface area contributed by atoms with Gasteiger partial charge in [0.2, 0.25) is 0 Å². The zero-order valence-electron chi connectivity index (χ0n) is 20.0. The Morgan fingerprint density at radius 2 is 1.72 bits per heavy atom. The van der Waals surface area contributed by atoms with E-state index in [9.17, 15) is 35.1 Å². The van der Waals surface area contributed by atoms with Crippen molar-refractivity contribution in [2.75, 3.05) is 0 Å². The van der Waals surface area contributed by atoms with Crippen LogP contribution in [0.1, 0.15) is 67.7 Å². The van der Waals surface area contributed by atoms with Gasteiger partial charge in [0.05, 0.1) is 23.7 Å². The third kappa shape index (κ3) is 2.92. The summed E-state index contributed by atoms with van der Waals surface area (Å²) in [5.74, 6) is -2.99. The lowest BCUT2D eigenvalue weighted by atomic mass is 9.44. The second-order valence-corrected chi connectivity index (χ2v) is 10.9. The van der Waals surface area contributed by atoms with Gasteiger partial charge in [0.1, 0.15) is 17.3 Å². The molecule has 3 aliphatic rings. The summed E-state index contributed by atoms with van der Waals surface area (Å²) in [4.78, 5) is 26.1. The average Bonchev–Trinajstić information content (AvgIpc) is 2.68. The Hall–Kier alpha value is -1.32. The first-order chi connectivity index (χ1) is 14.5. The molecule has 0 amide bonds. The maximum absolute atomic E-state index is 13.9. The number of hydrogen-bond acceptors (Lipinski definition) is 8. The van der Waals surface area contributed by atoms with Crippen molar-refractivity contribution in [3.8, 4) is 0 Å². The predicted octanol–water partition coefficient (Wildman–Crippen LogP) is 0.864. The third-order valence-electron chi connectivity index (χ3n) is 9.20. The van der Waals surface area contributed by atoms with Gasteiger partial charge in [-0.25, -0.2) is 0 Å². The van der Waals surface area contributed by atoms with Gasteiger partial charge in [-0.3, -0.25) is 9.59 Å². The highest BCUT2D eigenvalue weighted by Crippen LogP contribution is 2.62. The molecule has 2 saturated carbocycles. The summed E-state index contributed by atoms with van der Waals surface area (Å²) >= 11 is 0. The maximum atomic E-state index is 13.9. The summed E-state index contributed by atoms with van der Waals surface area (Å²) in [5.41, 5.74) is -5.81. The summed E-state index contributed by atoms with van der Waals surface area (Å²) in [6.45, 7) is 11.1. The lowest BCUT2D eigenvalue weighted by Gasteiger charge is -2.64. The Balaban J connectivity index is 2.42. The highest BCUT2D eigenvalue weighted by atomic mass is 16.6. The molecule has 32 heavy (non-hydrogen) atoms. The number of ketones is 1. The molecule has 0 aromatic heterocycles. The standard InChI is InChI=1S/C24H38O8/c1-8-23(32-13(4)25)11(2)9-15(27)22(7)18(23)20(30)24(31)10-14(26)12(3)16(21(24,5)6)17(28)19(22)29/h11,14-15,17-18,20,26-28,30-31H,8-10H2,1-7H3/t11-,14+,15+,17-,18?,20+,22-,23+,24-/m1/s1. The molecule has 8 heteroatoms. The minimum absolute atomic E-state index is 0.113. The van der Waals surface area contributed by atoms with Crippen LogP contribution in [0.25, 0.3) is 0 Å². The highest BCUT2D eigenvalue weighted by Gasteiger charge is 2.72. The van der Waals surface area contributed by atoms with Crippen LogP contribution in [0.4, 0.5) is 0 Å². The van der Waals surface area contributed by atoms with Gasteiger partial charge in [-0.15, -0.1) is 0 Å². The van der Waals surface area contributed by atoms with Crippen molar-refractivity contribution >= 4 is 11.8 Å². The van der Waals surface area contributed by atoms with Gasteiger partial charge >= 0.3 is 5.97 Å². The topological polar surface area (TPSA) is 145 Å². The van der Waals surface area contributed by atoms with Gasteiger partial charge in [-0.2, -0.15) is 0 Å². The SMILES string of the molecule is CC[C@@]1(OC(C)=O)C2[C@H](O)[C@]3(O)C[C@H](O)C(C)=C([C@@H](O)C(=O)[C@]2(C)[C@@H](O)C[C@H]1C)C3(C)C. The molecule has 9 atom stereocenters. The van der Waals surface area contributed by atoms with E-state index in [4.69, 9.17) is 4.74 Å². The van der Waals surface area contributed by atoms with Gasteiger partial charge in [-0.1, -0.05) is 27.7 Å². The zero-order valence-corrected chi connectivity index (χ0v) is 20.0. The lowest BCUT2D eigenvalue weighted by molar-refractivity contribution is -0.274. The molecule has 2 bridgehead atoms. The van der Waals surface area contributed by atoms with E-state index in [1.54, 1.807) is 34.6 Å². The molecule has 0 heterocycles. The van der Waals surface area contributed by atoms with E-state index >= 15 is 0 Å². The first-order valence-corrected chi connectivity index (χ1v) is 11.4. The molecule has 0 radical (unpaired) electrons. The number of aliphatic hydroxyl groups excluding tert-OH is 4. The van der Waals surface area contributed by atoms with Crippen LogP contribution in [0.3, 0.4) is 0 Å². The van der Waals surface area contributed by atoms with Crippen molar-refractivity contribution < 1.29 is 39.9 Å². The van der Waals surface area contributed by atoms with Crippen LogP contribution in [0.2, 0.25) is 0 Å². The summed E-state index contributed by atoms with van der Waals surface area (Å²) in [6, 6.07) is 0. The van der Waals surface area contributed by atoms with Gasteiger partial charge in [0, 0.05) is 24.7 Å². The fourth-order valence-corrected chi connectivity index (χ4v) is 7.14.